The van der Waals surface area contributed by atoms with Crippen molar-refractivity contribution >= 4 is 21.6 Å². The molecule has 0 aromatic carbocycles. The van der Waals surface area contributed by atoms with E-state index in [-0.39, 0.29) is 5.56 Å². The first kappa shape index (κ1) is 13.8. The molecule has 2 aromatic heterocycles. The Morgan fingerprint density at radius 1 is 1.40 bits per heavy atom. The SMILES string of the molecule is CC1CCCC(NCc2nc3ccsc3c(=O)[nH]2)CC1. The van der Waals surface area contributed by atoms with Gasteiger partial charge in [0, 0.05) is 6.04 Å². The van der Waals surface area contributed by atoms with Crippen molar-refractivity contribution in [3.05, 3.63) is 27.6 Å². The third-order valence-corrected chi connectivity index (χ3v) is 5.08. The molecule has 0 bridgehead atoms. The number of thiophene rings is 1. The largest absolute Gasteiger partial charge is 0.308 e. The van der Waals surface area contributed by atoms with Gasteiger partial charge in [-0.1, -0.05) is 19.8 Å². The van der Waals surface area contributed by atoms with Gasteiger partial charge in [0.05, 0.1) is 12.1 Å². The highest BCUT2D eigenvalue weighted by molar-refractivity contribution is 7.17. The average molecular weight is 291 g/mol. The highest BCUT2D eigenvalue weighted by Gasteiger charge is 2.16. The molecule has 2 unspecified atom stereocenters. The van der Waals surface area contributed by atoms with Crippen LogP contribution in [0, 0.1) is 5.92 Å². The highest BCUT2D eigenvalue weighted by atomic mass is 32.1. The van der Waals surface area contributed by atoms with Crippen molar-refractivity contribution in [2.24, 2.45) is 5.92 Å². The minimum atomic E-state index is -0.0173. The lowest BCUT2D eigenvalue weighted by Crippen LogP contribution is -2.29. The molecule has 0 aliphatic heterocycles. The molecule has 0 spiro atoms. The van der Waals surface area contributed by atoms with Crippen molar-refractivity contribution in [2.45, 2.75) is 51.6 Å². The summed E-state index contributed by atoms with van der Waals surface area (Å²) in [5.41, 5.74) is 0.793. The second kappa shape index (κ2) is 6.06. The van der Waals surface area contributed by atoms with Crippen molar-refractivity contribution in [2.75, 3.05) is 0 Å². The smallest absolute Gasteiger partial charge is 0.268 e. The molecule has 5 heteroatoms. The van der Waals surface area contributed by atoms with Crippen LogP contribution in [0.15, 0.2) is 16.2 Å². The number of nitrogens with one attached hydrogen (secondary N) is 2. The first-order chi connectivity index (χ1) is 9.72. The number of hydrogen-bond acceptors (Lipinski definition) is 4. The monoisotopic (exact) mass is 291 g/mol. The summed E-state index contributed by atoms with van der Waals surface area (Å²) in [6.07, 6.45) is 6.40. The normalized spacial score (nSPS) is 23.9. The van der Waals surface area contributed by atoms with Gasteiger partial charge in [0.2, 0.25) is 0 Å². The maximum Gasteiger partial charge on any atom is 0.268 e. The standard InChI is InChI=1S/C15H21N3OS/c1-10-3-2-4-11(6-5-10)16-9-13-17-12-7-8-20-14(12)15(19)18-13/h7-8,10-11,16H,2-6,9H2,1H3,(H,17,18,19). The van der Waals surface area contributed by atoms with Gasteiger partial charge in [0.1, 0.15) is 10.5 Å². The van der Waals surface area contributed by atoms with Gasteiger partial charge >= 0.3 is 0 Å². The lowest BCUT2D eigenvalue weighted by molar-refractivity contribution is 0.442. The summed E-state index contributed by atoms with van der Waals surface area (Å²) in [6, 6.07) is 2.47. The van der Waals surface area contributed by atoms with Crippen LogP contribution in [0.2, 0.25) is 0 Å². The maximum atomic E-state index is 11.9. The number of H-pyrrole nitrogens is 1. The van der Waals surface area contributed by atoms with E-state index in [9.17, 15) is 4.79 Å². The molecule has 1 aliphatic carbocycles. The number of nitrogens with zero attached hydrogens (tertiary/aromatic N) is 1. The molecule has 20 heavy (non-hydrogen) atoms. The van der Waals surface area contributed by atoms with Crippen LogP contribution < -0.4 is 10.9 Å². The van der Waals surface area contributed by atoms with E-state index < -0.39 is 0 Å². The van der Waals surface area contributed by atoms with Crippen LogP contribution in [-0.4, -0.2) is 16.0 Å². The molecular formula is C15H21N3OS. The quantitative estimate of drug-likeness (QED) is 0.855. The van der Waals surface area contributed by atoms with E-state index >= 15 is 0 Å². The second-order valence-corrected chi connectivity index (χ2v) is 6.75. The number of rotatable bonds is 3. The summed E-state index contributed by atoms with van der Waals surface area (Å²) >= 11 is 1.45. The first-order valence-corrected chi connectivity index (χ1v) is 8.30. The van der Waals surface area contributed by atoms with Gasteiger partial charge in [0.15, 0.2) is 0 Å². The second-order valence-electron chi connectivity index (χ2n) is 5.84. The molecule has 0 radical (unpaired) electrons. The average Bonchev–Trinajstić information content (AvgIpc) is 2.80. The van der Waals surface area contributed by atoms with Gasteiger partial charge in [-0.15, -0.1) is 11.3 Å². The van der Waals surface area contributed by atoms with Gasteiger partial charge < -0.3 is 10.3 Å². The van der Waals surface area contributed by atoms with E-state index in [0.717, 1.165) is 22.0 Å². The molecule has 2 heterocycles. The molecule has 1 fully saturated rings. The van der Waals surface area contributed by atoms with Gasteiger partial charge in [-0.05, 0) is 36.6 Å². The number of hydrogen-bond donors (Lipinski definition) is 2. The molecule has 2 atom stereocenters. The van der Waals surface area contributed by atoms with Gasteiger partial charge in [0.25, 0.3) is 5.56 Å². The van der Waals surface area contributed by atoms with Crippen molar-refractivity contribution < 1.29 is 0 Å². The van der Waals surface area contributed by atoms with E-state index in [1.54, 1.807) is 0 Å². The summed E-state index contributed by atoms with van der Waals surface area (Å²) in [5, 5.41) is 5.47. The maximum absolute atomic E-state index is 11.9. The molecule has 2 N–H and O–H groups in total. The number of aromatic amines is 1. The van der Waals surface area contributed by atoms with Crippen LogP contribution in [0.5, 0.6) is 0 Å². The fourth-order valence-corrected chi connectivity index (χ4v) is 3.66. The van der Waals surface area contributed by atoms with E-state index in [0.29, 0.717) is 12.6 Å². The van der Waals surface area contributed by atoms with Crippen LogP contribution >= 0.6 is 11.3 Å². The third-order valence-electron chi connectivity index (χ3n) is 4.18. The lowest BCUT2D eigenvalue weighted by Gasteiger charge is -2.15. The summed E-state index contributed by atoms with van der Waals surface area (Å²) in [4.78, 5) is 19.3. The Morgan fingerprint density at radius 2 is 2.30 bits per heavy atom. The summed E-state index contributed by atoms with van der Waals surface area (Å²) in [5.74, 6) is 1.60. The molecule has 0 saturated heterocycles. The fourth-order valence-electron chi connectivity index (χ4n) is 2.94. The Hall–Kier alpha value is -1.20. The third kappa shape index (κ3) is 3.10. The minimum absolute atomic E-state index is 0.0173. The Morgan fingerprint density at radius 3 is 3.20 bits per heavy atom. The van der Waals surface area contributed by atoms with Crippen LogP contribution in [0.25, 0.3) is 10.2 Å². The Balaban J connectivity index is 1.66. The molecule has 1 saturated carbocycles. The van der Waals surface area contributed by atoms with Crippen molar-refractivity contribution in [3.63, 3.8) is 0 Å². The van der Waals surface area contributed by atoms with Gasteiger partial charge in [-0.25, -0.2) is 4.98 Å². The van der Waals surface area contributed by atoms with Crippen molar-refractivity contribution in [1.29, 1.82) is 0 Å². The topological polar surface area (TPSA) is 57.8 Å². The Labute approximate surface area is 122 Å². The highest BCUT2D eigenvalue weighted by Crippen LogP contribution is 2.22. The molecule has 1 aliphatic rings. The zero-order chi connectivity index (χ0) is 13.9. The predicted molar refractivity (Wildman–Crippen MR) is 83.1 cm³/mol. The van der Waals surface area contributed by atoms with Gasteiger partial charge in [-0.2, -0.15) is 0 Å². The van der Waals surface area contributed by atoms with E-state index in [1.807, 2.05) is 11.4 Å². The van der Waals surface area contributed by atoms with E-state index in [4.69, 9.17) is 0 Å². The van der Waals surface area contributed by atoms with E-state index in [2.05, 4.69) is 22.2 Å². The number of aromatic nitrogens is 2. The molecule has 108 valence electrons. The van der Waals surface area contributed by atoms with Crippen LogP contribution in [0.3, 0.4) is 0 Å². The molecular weight excluding hydrogens is 270 g/mol. The minimum Gasteiger partial charge on any atom is -0.308 e. The lowest BCUT2D eigenvalue weighted by atomic mass is 10.0. The fraction of sp³-hybridized carbons (Fsp3) is 0.600. The molecule has 0 amide bonds. The first-order valence-electron chi connectivity index (χ1n) is 7.42. The summed E-state index contributed by atoms with van der Waals surface area (Å²) < 4.78 is 0.719. The Bertz CT molecular complexity index is 633. The summed E-state index contributed by atoms with van der Waals surface area (Å²) in [6.45, 7) is 2.99. The molecule has 3 rings (SSSR count). The van der Waals surface area contributed by atoms with Crippen molar-refractivity contribution in [3.8, 4) is 0 Å². The van der Waals surface area contributed by atoms with Crippen LogP contribution in [-0.2, 0) is 6.54 Å². The molecule has 2 aromatic rings. The van der Waals surface area contributed by atoms with Crippen LogP contribution in [0.1, 0.15) is 44.9 Å². The van der Waals surface area contributed by atoms with Gasteiger partial charge in [-0.3, -0.25) is 4.79 Å². The van der Waals surface area contributed by atoms with E-state index in [1.165, 1.54) is 43.4 Å². The molecule has 4 nitrogen and oxygen atoms in total. The van der Waals surface area contributed by atoms with Crippen molar-refractivity contribution in [1.82, 2.24) is 15.3 Å². The summed E-state index contributed by atoms with van der Waals surface area (Å²) in [7, 11) is 0. The zero-order valence-electron chi connectivity index (χ0n) is 11.8. The number of fused-ring (bicyclic) bond motifs is 1. The Kier molecular flexibility index (Phi) is 4.17. The van der Waals surface area contributed by atoms with Crippen LogP contribution in [0.4, 0.5) is 0 Å². The predicted octanol–water partition coefficient (Wildman–Crippen LogP) is 3.04. The zero-order valence-corrected chi connectivity index (χ0v) is 12.6.